The Kier molecular flexibility index (Phi) is 8.60. The molecule has 0 aliphatic carbocycles. The van der Waals surface area contributed by atoms with Crippen LogP contribution in [0, 0.1) is 0 Å². The molecule has 1 heterocycles. The summed E-state index contributed by atoms with van der Waals surface area (Å²) in [7, 11) is -2.18. The predicted molar refractivity (Wildman–Crippen MR) is 142 cm³/mol. The molecule has 34 heavy (non-hydrogen) atoms. The molecule has 0 unspecified atom stereocenters. The van der Waals surface area contributed by atoms with Crippen molar-refractivity contribution in [3.05, 3.63) is 115 Å². The fourth-order valence-corrected chi connectivity index (χ4v) is 9.08. The van der Waals surface area contributed by atoms with Crippen LogP contribution in [0.15, 0.2) is 125 Å². The molecule has 0 aromatic heterocycles. The predicted octanol–water partition coefficient (Wildman–Crippen LogP) is 2.15. The largest absolute Gasteiger partial charge is 1.00 e. The minimum Gasteiger partial charge on any atom is -1.00 e. The molecule has 0 amide bonds. The van der Waals surface area contributed by atoms with Crippen molar-refractivity contribution in [1.29, 1.82) is 0 Å². The number of benzene rings is 4. The van der Waals surface area contributed by atoms with Gasteiger partial charge >= 0.3 is 0 Å². The molecule has 0 bridgehead atoms. The van der Waals surface area contributed by atoms with E-state index in [1.807, 2.05) is 0 Å². The zero-order valence-corrected chi connectivity index (χ0v) is 22.1. The van der Waals surface area contributed by atoms with Crippen LogP contribution in [0.2, 0.25) is 0 Å². The average molecular weight is 577 g/mol. The van der Waals surface area contributed by atoms with Gasteiger partial charge in [0.15, 0.2) is 0 Å². The lowest BCUT2D eigenvalue weighted by molar-refractivity contribution is -0.00000653. The summed E-state index contributed by atoms with van der Waals surface area (Å²) < 4.78 is 0. The third-order valence-electron chi connectivity index (χ3n) is 6.31. The molecule has 1 fully saturated rings. The number of hydrogen-bond donors (Lipinski definition) is 1. The lowest BCUT2D eigenvalue weighted by atomic mass is 10.1. The third-order valence-corrected chi connectivity index (χ3v) is 10.6. The first-order valence-corrected chi connectivity index (χ1v) is 13.4. The third kappa shape index (κ3) is 5.00. The van der Waals surface area contributed by atoms with Crippen LogP contribution in [0.5, 0.6) is 0 Å². The molecule has 3 nitrogen and oxygen atoms in total. The molecule has 1 N–H and O–H groups in total. The molecule has 0 atom stereocenters. The highest BCUT2D eigenvalue weighted by molar-refractivity contribution is 8.01. The number of nitrogens with zero attached hydrogens (tertiary/aromatic N) is 2. The summed E-state index contributed by atoms with van der Waals surface area (Å²) in [5, 5.41) is 18.4. The van der Waals surface area contributed by atoms with Gasteiger partial charge in [-0.15, -0.1) is 0 Å². The van der Waals surface area contributed by atoms with Crippen molar-refractivity contribution < 1.29 is 24.0 Å². The minimum absolute atomic E-state index is 0. The zero-order chi connectivity index (χ0) is 22.3. The molecule has 0 saturated carbocycles. The van der Waals surface area contributed by atoms with E-state index < -0.39 is 7.26 Å². The van der Waals surface area contributed by atoms with E-state index in [-0.39, 0.29) is 30.0 Å². The topological polar surface area (TPSA) is 36.8 Å². The van der Waals surface area contributed by atoms with Crippen molar-refractivity contribution in [3.8, 4) is 0 Å². The van der Waals surface area contributed by atoms with Gasteiger partial charge in [0.2, 0.25) is 0 Å². The van der Waals surface area contributed by atoms with E-state index in [0.717, 1.165) is 31.6 Å². The monoisotopic (exact) mass is 577 g/mol. The minimum atomic E-state index is -2.18. The molecule has 5 rings (SSSR count). The van der Waals surface area contributed by atoms with Gasteiger partial charge in [-0.25, -0.2) is 0 Å². The van der Waals surface area contributed by atoms with Crippen LogP contribution in [0.3, 0.4) is 0 Å². The first kappa shape index (κ1) is 24.7. The van der Waals surface area contributed by atoms with Gasteiger partial charge in [-0.3, -0.25) is 0 Å². The maximum absolute atomic E-state index is 4.90. The SMILES string of the molecule is [I-].c1ccc([P+](c2ccccc2)(c2ccccc2)c2ccccc2/N=N/C2CCNCC2)cc1. The van der Waals surface area contributed by atoms with Gasteiger partial charge in [0.25, 0.3) is 0 Å². The van der Waals surface area contributed by atoms with Crippen LogP contribution in [0.1, 0.15) is 12.8 Å². The quantitative estimate of drug-likeness (QED) is 0.213. The maximum Gasteiger partial charge on any atom is 0.146 e. The van der Waals surface area contributed by atoms with E-state index in [9.17, 15) is 0 Å². The van der Waals surface area contributed by atoms with Crippen molar-refractivity contribution in [2.45, 2.75) is 18.9 Å². The Morgan fingerprint density at radius 2 is 1.03 bits per heavy atom. The van der Waals surface area contributed by atoms with Gasteiger partial charge in [-0.05, 0) is 74.5 Å². The molecule has 0 radical (unpaired) electrons. The Morgan fingerprint density at radius 1 is 0.588 bits per heavy atom. The number of nitrogens with one attached hydrogen (secondary N) is 1. The van der Waals surface area contributed by atoms with Crippen LogP contribution in [-0.2, 0) is 0 Å². The van der Waals surface area contributed by atoms with E-state index in [1.54, 1.807) is 0 Å². The van der Waals surface area contributed by atoms with Crippen molar-refractivity contribution in [1.82, 2.24) is 5.32 Å². The second kappa shape index (κ2) is 11.8. The Morgan fingerprint density at radius 3 is 1.53 bits per heavy atom. The fraction of sp³-hybridized carbons (Fsp3) is 0.172. The Labute approximate surface area is 220 Å². The summed E-state index contributed by atoms with van der Waals surface area (Å²) in [6.07, 6.45) is 2.09. The van der Waals surface area contributed by atoms with Gasteiger partial charge in [0, 0.05) is 0 Å². The van der Waals surface area contributed by atoms with Gasteiger partial charge in [0.05, 0.1) is 6.04 Å². The zero-order valence-electron chi connectivity index (χ0n) is 19.1. The Bertz CT molecular complexity index is 1100. The second-order valence-corrected chi connectivity index (χ2v) is 11.7. The van der Waals surface area contributed by atoms with Crippen LogP contribution >= 0.6 is 7.26 Å². The molecule has 172 valence electrons. The molecule has 5 heteroatoms. The van der Waals surface area contributed by atoms with E-state index in [1.165, 1.54) is 21.2 Å². The molecule has 4 aromatic rings. The highest BCUT2D eigenvalue weighted by Gasteiger charge is 2.49. The lowest BCUT2D eigenvalue weighted by Crippen LogP contribution is -3.00. The van der Waals surface area contributed by atoms with Crippen LogP contribution < -0.4 is 50.5 Å². The summed E-state index contributed by atoms with van der Waals surface area (Å²) in [6.45, 7) is 2.03. The second-order valence-electron chi connectivity index (χ2n) is 8.36. The lowest BCUT2D eigenvalue weighted by Gasteiger charge is -2.28. The highest BCUT2D eigenvalue weighted by atomic mass is 127. The maximum atomic E-state index is 4.90. The van der Waals surface area contributed by atoms with Gasteiger partial charge in [-0.2, -0.15) is 10.2 Å². The summed E-state index contributed by atoms with van der Waals surface area (Å²) >= 11 is 0. The average Bonchev–Trinajstić information content (AvgIpc) is 2.91. The smallest absolute Gasteiger partial charge is 0.146 e. The first-order chi connectivity index (χ1) is 16.4. The molecule has 1 saturated heterocycles. The summed E-state index contributed by atoms with van der Waals surface area (Å²) in [5.74, 6) is 0. The molecular weight excluding hydrogens is 548 g/mol. The molecule has 0 spiro atoms. The highest BCUT2D eigenvalue weighted by Crippen LogP contribution is 2.56. The van der Waals surface area contributed by atoms with Crippen LogP contribution in [0.25, 0.3) is 0 Å². The van der Waals surface area contributed by atoms with E-state index >= 15 is 0 Å². The van der Waals surface area contributed by atoms with Crippen LogP contribution in [0.4, 0.5) is 5.69 Å². The van der Waals surface area contributed by atoms with E-state index in [0.29, 0.717) is 0 Å². The van der Waals surface area contributed by atoms with Gasteiger partial charge < -0.3 is 29.3 Å². The fourth-order valence-electron chi connectivity index (χ4n) is 4.72. The number of rotatable bonds is 6. The summed E-state index contributed by atoms with van der Waals surface area (Å²) in [5.41, 5.74) is 0.973. The van der Waals surface area contributed by atoms with E-state index in [4.69, 9.17) is 10.2 Å². The molecular formula is C29H29IN3P. The van der Waals surface area contributed by atoms with E-state index in [2.05, 4.69) is 121 Å². The van der Waals surface area contributed by atoms with Crippen molar-refractivity contribution in [3.63, 3.8) is 0 Å². The number of hydrogen-bond acceptors (Lipinski definition) is 3. The number of azo groups is 1. The van der Waals surface area contributed by atoms with Crippen LogP contribution in [-0.4, -0.2) is 19.1 Å². The van der Waals surface area contributed by atoms with Gasteiger partial charge in [-0.1, -0.05) is 66.7 Å². The van der Waals surface area contributed by atoms with Crippen molar-refractivity contribution >= 4 is 34.2 Å². The Hall–Kier alpha value is -2.40. The first-order valence-electron chi connectivity index (χ1n) is 11.7. The summed E-state index contributed by atoms with van der Waals surface area (Å²) in [4.78, 5) is 0. The van der Waals surface area contributed by atoms with Crippen molar-refractivity contribution in [2.24, 2.45) is 10.2 Å². The van der Waals surface area contributed by atoms with Crippen molar-refractivity contribution in [2.75, 3.05) is 13.1 Å². The standard InChI is InChI=1S/C29H29N3P.HI/c1-4-12-25(13-5-1)33(26-14-6-2-7-15-26,27-16-8-3-9-17-27)29-19-11-10-18-28(29)32-31-24-20-22-30-23-21-24;/h1-19,24,30H,20-23H2;1H/q+1;/p-1/b32-31+;. The molecule has 1 aliphatic rings. The number of piperidine rings is 1. The molecule has 1 aliphatic heterocycles. The molecule has 4 aromatic carbocycles. The summed E-state index contributed by atoms with van der Waals surface area (Å²) in [6, 6.07) is 41.7. The van der Waals surface area contributed by atoms with Gasteiger partial charge in [0.1, 0.15) is 34.2 Å². The number of halogens is 1. The normalized spacial score (nSPS) is 14.6. The Balaban J connectivity index is 0.00000274.